The molecule has 130 valence electrons. The summed E-state index contributed by atoms with van der Waals surface area (Å²) in [7, 11) is 0. The molecule has 0 saturated carbocycles. The third-order valence-electron chi connectivity index (χ3n) is 4.36. The summed E-state index contributed by atoms with van der Waals surface area (Å²) in [5, 5.41) is 12.0. The van der Waals surface area contributed by atoms with Crippen LogP contribution in [0.1, 0.15) is 34.1 Å². The van der Waals surface area contributed by atoms with E-state index in [9.17, 15) is 4.79 Å². The molecule has 1 amide bonds. The van der Waals surface area contributed by atoms with Gasteiger partial charge < -0.3 is 9.42 Å². The third-order valence-corrected chi connectivity index (χ3v) is 5.86. The molecule has 3 aromatic heterocycles. The summed E-state index contributed by atoms with van der Waals surface area (Å²) >= 11 is 2.77. The van der Waals surface area contributed by atoms with Crippen molar-refractivity contribution < 1.29 is 9.32 Å². The standard InChI is InChI=1S/C16H17N5O2S2/c1-10-14(25-20-18-10)16(22)21-5-2-3-11(8-21)7-13-17-15(19-23-13)12-4-6-24-9-12/h4,6,9,11H,2-3,5,7-8H2,1H3/t11-/m0/s1. The van der Waals surface area contributed by atoms with Crippen LogP contribution in [0.5, 0.6) is 0 Å². The Morgan fingerprint density at radius 2 is 2.40 bits per heavy atom. The van der Waals surface area contributed by atoms with Crippen LogP contribution in [0.2, 0.25) is 0 Å². The van der Waals surface area contributed by atoms with Gasteiger partial charge in [0.2, 0.25) is 11.7 Å². The summed E-state index contributed by atoms with van der Waals surface area (Å²) in [6, 6.07) is 1.98. The summed E-state index contributed by atoms with van der Waals surface area (Å²) in [6.45, 7) is 3.30. The van der Waals surface area contributed by atoms with Gasteiger partial charge in [0, 0.05) is 30.5 Å². The van der Waals surface area contributed by atoms with Crippen molar-refractivity contribution >= 4 is 28.8 Å². The number of piperidine rings is 1. The number of hydrogen-bond acceptors (Lipinski definition) is 8. The van der Waals surface area contributed by atoms with Gasteiger partial charge >= 0.3 is 0 Å². The second-order valence-corrected chi connectivity index (χ2v) is 7.71. The first-order valence-electron chi connectivity index (χ1n) is 8.14. The van der Waals surface area contributed by atoms with Crippen molar-refractivity contribution in [3.8, 4) is 11.4 Å². The number of nitrogens with zero attached hydrogens (tertiary/aromatic N) is 5. The lowest BCUT2D eigenvalue weighted by Gasteiger charge is -2.31. The Kier molecular flexibility index (Phi) is 4.58. The Morgan fingerprint density at radius 1 is 1.48 bits per heavy atom. The smallest absolute Gasteiger partial charge is 0.267 e. The SMILES string of the molecule is Cc1nnsc1C(=O)N1CCC[C@@H](Cc2nc(-c3ccsc3)no2)C1. The normalized spacial score (nSPS) is 17.8. The van der Waals surface area contributed by atoms with Crippen molar-refractivity contribution in [1.82, 2.24) is 24.6 Å². The van der Waals surface area contributed by atoms with E-state index < -0.39 is 0 Å². The molecule has 4 heterocycles. The van der Waals surface area contributed by atoms with Gasteiger partial charge in [0.05, 0.1) is 5.69 Å². The molecular formula is C16H17N5O2S2. The molecule has 4 rings (SSSR count). The molecule has 0 N–H and O–H groups in total. The number of rotatable bonds is 4. The second kappa shape index (κ2) is 7.01. The van der Waals surface area contributed by atoms with E-state index in [2.05, 4.69) is 19.7 Å². The zero-order chi connectivity index (χ0) is 17.2. The molecule has 1 atom stereocenters. The summed E-state index contributed by atoms with van der Waals surface area (Å²) in [6.07, 6.45) is 2.73. The third kappa shape index (κ3) is 3.47. The van der Waals surface area contributed by atoms with Crippen LogP contribution in [0.25, 0.3) is 11.4 Å². The van der Waals surface area contributed by atoms with E-state index in [-0.39, 0.29) is 5.91 Å². The summed E-state index contributed by atoms with van der Waals surface area (Å²) in [5.41, 5.74) is 1.68. The highest BCUT2D eigenvalue weighted by Gasteiger charge is 2.28. The molecule has 1 saturated heterocycles. The maximum absolute atomic E-state index is 12.6. The number of aryl methyl sites for hydroxylation is 1. The largest absolute Gasteiger partial charge is 0.339 e. The van der Waals surface area contributed by atoms with Crippen LogP contribution < -0.4 is 0 Å². The van der Waals surface area contributed by atoms with E-state index in [1.807, 2.05) is 28.7 Å². The van der Waals surface area contributed by atoms with Crippen molar-refractivity contribution in [2.45, 2.75) is 26.2 Å². The quantitative estimate of drug-likeness (QED) is 0.697. The van der Waals surface area contributed by atoms with Crippen molar-refractivity contribution in [2.75, 3.05) is 13.1 Å². The lowest BCUT2D eigenvalue weighted by molar-refractivity contribution is 0.0672. The molecule has 0 aliphatic carbocycles. The maximum atomic E-state index is 12.6. The number of thiophene rings is 1. The molecule has 0 unspecified atom stereocenters. The number of carbonyl (C=O) groups is 1. The Hall–Kier alpha value is -2.13. The lowest BCUT2D eigenvalue weighted by Crippen LogP contribution is -2.40. The Morgan fingerprint density at radius 3 is 3.16 bits per heavy atom. The molecule has 0 aromatic carbocycles. The van der Waals surface area contributed by atoms with Gasteiger partial charge in [-0.1, -0.05) is 9.64 Å². The van der Waals surface area contributed by atoms with Gasteiger partial charge in [-0.2, -0.15) is 16.3 Å². The zero-order valence-corrected chi connectivity index (χ0v) is 15.3. The molecule has 1 aliphatic rings. The predicted molar refractivity (Wildman–Crippen MR) is 94.6 cm³/mol. The number of likely N-dealkylation sites (tertiary alicyclic amines) is 1. The van der Waals surface area contributed by atoms with E-state index in [1.54, 1.807) is 11.3 Å². The molecule has 1 aliphatic heterocycles. The highest BCUT2D eigenvalue weighted by molar-refractivity contribution is 7.08. The minimum atomic E-state index is 0.0293. The minimum absolute atomic E-state index is 0.0293. The predicted octanol–water partition coefficient (Wildman–Crippen LogP) is 3.05. The summed E-state index contributed by atoms with van der Waals surface area (Å²) in [4.78, 5) is 19.7. The highest BCUT2D eigenvalue weighted by atomic mass is 32.1. The van der Waals surface area contributed by atoms with Crippen LogP contribution in [0.15, 0.2) is 21.3 Å². The molecule has 7 nitrogen and oxygen atoms in total. The minimum Gasteiger partial charge on any atom is -0.339 e. The fraction of sp³-hybridized carbons (Fsp3) is 0.438. The first-order valence-corrected chi connectivity index (χ1v) is 9.85. The van der Waals surface area contributed by atoms with E-state index in [4.69, 9.17) is 4.52 Å². The first-order chi connectivity index (χ1) is 12.2. The molecule has 1 fully saturated rings. The molecule has 0 bridgehead atoms. The van der Waals surface area contributed by atoms with E-state index in [0.717, 1.165) is 24.9 Å². The Balaban J connectivity index is 1.42. The van der Waals surface area contributed by atoms with Gasteiger partial charge in [0.1, 0.15) is 4.88 Å². The van der Waals surface area contributed by atoms with Gasteiger partial charge in [-0.25, -0.2) is 0 Å². The highest BCUT2D eigenvalue weighted by Crippen LogP contribution is 2.25. The zero-order valence-electron chi connectivity index (χ0n) is 13.7. The van der Waals surface area contributed by atoms with Gasteiger partial charge in [-0.05, 0) is 48.7 Å². The average Bonchev–Trinajstić information content (AvgIpc) is 3.35. The number of aromatic nitrogens is 4. The van der Waals surface area contributed by atoms with Crippen LogP contribution in [0, 0.1) is 12.8 Å². The summed E-state index contributed by atoms with van der Waals surface area (Å²) in [5.74, 6) is 1.62. The molecule has 25 heavy (non-hydrogen) atoms. The first kappa shape index (κ1) is 16.3. The number of amides is 1. The van der Waals surface area contributed by atoms with Gasteiger partial charge in [0.15, 0.2) is 0 Å². The van der Waals surface area contributed by atoms with E-state index in [1.165, 1.54) is 11.5 Å². The lowest BCUT2D eigenvalue weighted by atomic mass is 9.94. The van der Waals surface area contributed by atoms with Crippen molar-refractivity contribution in [3.05, 3.63) is 33.3 Å². The van der Waals surface area contributed by atoms with E-state index in [0.29, 0.717) is 41.2 Å². The van der Waals surface area contributed by atoms with Crippen LogP contribution in [0.4, 0.5) is 0 Å². The maximum Gasteiger partial charge on any atom is 0.267 e. The topological polar surface area (TPSA) is 85.0 Å². The fourth-order valence-electron chi connectivity index (χ4n) is 3.08. The average molecular weight is 375 g/mol. The molecule has 3 aromatic rings. The Labute approximate surface area is 152 Å². The molecule has 9 heteroatoms. The van der Waals surface area contributed by atoms with E-state index >= 15 is 0 Å². The van der Waals surface area contributed by atoms with Gasteiger partial charge in [-0.15, -0.1) is 5.10 Å². The molecular weight excluding hydrogens is 358 g/mol. The van der Waals surface area contributed by atoms with Crippen LogP contribution in [-0.2, 0) is 6.42 Å². The van der Waals surface area contributed by atoms with Crippen LogP contribution >= 0.6 is 22.9 Å². The molecule has 0 radical (unpaired) electrons. The van der Waals surface area contributed by atoms with Crippen molar-refractivity contribution in [2.24, 2.45) is 5.92 Å². The fourth-order valence-corrected chi connectivity index (χ4v) is 4.34. The number of carbonyl (C=O) groups excluding carboxylic acids is 1. The van der Waals surface area contributed by atoms with Crippen LogP contribution in [-0.4, -0.2) is 43.6 Å². The summed E-state index contributed by atoms with van der Waals surface area (Å²) < 4.78 is 9.26. The van der Waals surface area contributed by atoms with Gasteiger partial charge in [0.25, 0.3) is 5.91 Å². The van der Waals surface area contributed by atoms with Crippen molar-refractivity contribution in [1.29, 1.82) is 0 Å². The number of hydrogen-bond donors (Lipinski definition) is 0. The Bertz CT molecular complexity index is 858. The van der Waals surface area contributed by atoms with Crippen molar-refractivity contribution in [3.63, 3.8) is 0 Å². The van der Waals surface area contributed by atoms with Gasteiger partial charge in [-0.3, -0.25) is 4.79 Å². The monoisotopic (exact) mass is 375 g/mol. The second-order valence-electron chi connectivity index (χ2n) is 6.17. The van der Waals surface area contributed by atoms with Crippen LogP contribution in [0.3, 0.4) is 0 Å². The molecule has 0 spiro atoms.